The van der Waals surface area contributed by atoms with Crippen molar-refractivity contribution in [3.05, 3.63) is 0 Å². The van der Waals surface area contributed by atoms with Gasteiger partial charge in [-0.3, -0.25) is 4.90 Å². The highest BCUT2D eigenvalue weighted by Crippen LogP contribution is 2.35. The van der Waals surface area contributed by atoms with E-state index in [1.165, 1.54) is 45.4 Å². The van der Waals surface area contributed by atoms with Gasteiger partial charge in [-0.15, -0.1) is 0 Å². The zero-order valence-electron chi connectivity index (χ0n) is 11.3. The Bertz CT molecular complexity index is 273. The van der Waals surface area contributed by atoms with Crippen molar-refractivity contribution >= 4 is 0 Å². The molecule has 2 N–H and O–H groups in total. The van der Waals surface area contributed by atoms with Gasteiger partial charge in [-0.1, -0.05) is 6.92 Å². The molecule has 0 aromatic rings. The topological polar surface area (TPSA) is 32.5 Å². The average Bonchev–Trinajstić information content (AvgIpc) is 2.37. The second kappa shape index (κ2) is 4.52. The predicted molar refractivity (Wildman–Crippen MR) is 70.9 cm³/mol. The molecule has 0 aliphatic carbocycles. The van der Waals surface area contributed by atoms with Gasteiger partial charge in [-0.25, -0.2) is 0 Å². The minimum absolute atomic E-state index is 0.419. The molecular weight excluding hydrogens is 210 g/mol. The van der Waals surface area contributed by atoms with Crippen molar-refractivity contribution in [2.75, 3.05) is 26.2 Å². The molecule has 2 bridgehead atoms. The van der Waals surface area contributed by atoms with Gasteiger partial charge in [-0.2, -0.15) is 0 Å². The van der Waals surface area contributed by atoms with Gasteiger partial charge >= 0.3 is 0 Å². The molecule has 4 atom stereocenters. The van der Waals surface area contributed by atoms with Crippen LogP contribution in [-0.2, 0) is 0 Å². The Morgan fingerprint density at radius 1 is 1.00 bits per heavy atom. The molecule has 3 nitrogen and oxygen atoms in total. The lowest BCUT2D eigenvalue weighted by molar-refractivity contribution is -0.0390. The molecule has 4 unspecified atom stereocenters. The molecule has 0 aromatic heterocycles. The van der Waals surface area contributed by atoms with Crippen molar-refractivity contribution < 1.29 is 0 Å². The fourth-order valence-corrected chi connectivity index (χ4v) is 4.20. The van der Waals surface area contributed by atoms with Crippen LogP contribution in [0.3, 0.4) is 0 Å². The van der Waals surface area contributed by atoms with E-state index in [1.54, 1.807) is 0 Å². The summed E-state index contributed by atoms with van der Waals surface area (Å²) in [6.45, 7) is 9.96. The van der Waals surface area contributed by atoms with Crippen molar-refractivity contribution in [3.8, 4) is 0 Å². The number of hydrogen-bond acceptors (Lipinski definition) is 3. The van der Waals surface area contributed by atoms with Gasteiger partial charge in [0.25, 0.3) is 0 Å². The van der Waals surface area contributed by atoms with Gasteiger partial charge in [-0.05, 0) is 51.1 Å². The van der Waals surface area contributed by atoms with Crippen LogP contribution < -0.4 is 5.73 Å². The fraction of sp³-hybridized carbons (Fsp3) is 1.00. The van der Waals surface area contributed by atoms with Gasteiger partial charge < -0.3 is 10.6 Å². The largest absolute Gasteiger partial charge is 0.327 e. The Hall–Kier alpha value is -0.120. The van der Waals surface area contributed by atoms with Crippen molar-refractivity contribution in [1.29, 1.82) is 0 Å². The molecule has 4 aliphatic heterocycles. The molecule has 0 aromatic carbocycles. The average molecular weight is 237 g/mol. The van der Waals surface area contributed by atoms with E-state index >= 15 is 0 Å². The Morgan fingerprint density at radius 3 is 2.29 bits per heavy atom. The van der Waals surface area contributed by atoms with E-state index in [-0.39, 0.29) is 0 Å². The van der Waals surface area contributed by atoms with Crippen LogP contribution in [0.1, 0.15) is 33.1 Å². The molecule has 0 saturated carbocycles. The Kier molecular flexibility index (Phi) is 3.18. The molecule has 4 fully saturated rings. The number of fused-ring (bicyclic) bond motifs is 3. The second-order valence-electron chi connectivity index (χ2n) is 6.50. The summed E-state index contributed by atoms with van der Waals surface area (Å²) in [5.74, 6) is 1.61. The van der Waals surface area contributed by atoms with E-state index in [2.05, 4.69) is 23.6 Å². The van der Waals surface area contributed by atoms with Crippen LogP contribution in [0.15, 0.2) is 0 Å². The van der Waals surface area contributed by atoms with Gasteiger partial charge in [0.1, 0.15) is 0 Å². The third-order valence-corrected chi connectivity index (χ3v) is 5.73. The summed E-state index contributed by atoms with van der Waals surface area (Å²) in [6, 6.07) is 1.91. The van der Waals surface area contributed by atoms with Gasteiger partial charge in [0.15, 0.2) is 0 Å². The lowest BCUT2D eigenvalue weighted by Crippen LogP contribution is -2.63. The van der Waals surface area contributed by atoms with E-state index in [9.17, 15) is 0 Å². The van der Waals surface area contributed by atoms with E-state index in [1.807, 2.05) is 0 Å². The zero-order valence-corrected chi connectivity index (χ0v) is 11.3. The van der Waals surface area contributed by atoms with Crippen molar-refractivity contribution in [2.24, 2.45) is 17.6 Å². The highest BCUT2D eigenvalue weighted by atomic mass is 15.3. The molecule has 4 aliphatic rings. The van der Waals surface area contributed by atoms with Gasteiger partial charge in [0.05, 0.1) is 0 Å². The molecule has 4 saturated heterocycles. The van der Waals surface area contributed by atoms with Crippen LogP contribution in [0, 0.1) is 11.8 Å². The van der Waals surface area contributed by atoms with Crippen LogP contribution >= 0.6 is 0 Å². The Balaban J connectivity index is 1.71. The standard InChI is InChI=1S/C14H27N3/c1-10-11(2)17(8-5-13(10)15)14-9-16-6-3-12(14)4-7-16/h10-14H,3-9,15H2,1-2H3. The number of likely N-dealkylation sites (tertiary alicyclic amines) is 1. The molecule has 98 valence electrons. The molecule has 0 amide bonds. The first-order valence-corrected chi connectivity index (χ1v) is 7.40. The SMILES string of the molecule is CC1C(N)CCN(C2CN3CCC2CC3)C1C. The third kappa shape index (κ3) is 2.02. The Labute approximate surface area is 105 Å². The van der Waals surface area contributed by atoms with Crippen LogP contribution in [0.5, 0.6) is 0 Å². The zero-order chi connectivity index (χ0) is 12.0. The van der Waals surface area contributed by atoms with Crippen LogP contribution in [0.2, 0.25) is 0 Å². The van der Waals surface area contributed by atoms with E-state index < -0.39 is 0 Å². The number of piperidine rings is 4. The minimum Gasteiger partial charge on any atom is -0.327 e. The molecule has 0 radical (unpaired) electrons. The first-order valence-electron chi connectivity index (χ1n) is 7.40. The molecule has 3 heteroatoms. The quantitative estimate of drug-likeness (QED) is 0.742. The molecular formula is C14H27N3. The monoisotopic (exact) mass is 237 g/mol. The maximum Gasteiger partial charge on any atom is 0.0255 e. The van der Waals surface area contributed by atoms with E-state index in [4.69, 9.17) is 5.73 Å². The number of rotatable bonds is 1. The predicted octanol–water partition coefficient (Wildman–Crippen LogP) is 1.14. The van der Waals surface area contributed by atoms with Crippen LogP contribution in [0.4, 0.5) is 0 Å². The number of nitrogens with two attached hydrogens (primary N) is 1. The van der Waals surface area contributed by atoms with Gasteiger partial charge in [0.2, 0.25) is 0 Å². The maximum atomic E-state index is 6.20. The second-order valence-corrected chi connectivity index (χ2v) is 6.50. The van der Waals surface area contributed by atoms with Crippen LogP contribution in [0.25, 0.3) is 0 Å². The lowest BCUT2D eigenvalue weighted by Gasteiger charge is -2.53. The van der Waals surface area contributed by atoms with Crippen molar-refractivity contribution in [3.63, 3.8) is 0 Å². The van der Waals surface area contributed by atoms with Crippen molar-refractivity contribution in [2.45, 2.75) is 51.2 Å². The van der Waals surface area contributed by atoms with Gasteiger partial charge in [0, 0.05) is 31.2 Å². The Morgan fingerprint density at radius 2 is 1.71 bits per heavy atom. The van der Waals surface area contributed by atoms with E-state index in [0.29, 0.717) is 18.0 Å². The summed E-state index contributed by atoms with van der Waals surface area (Å²) in [5.41, 5.74) is 6.20. The summed E-state index contributed by atoms with van der Waals surface area (Å²) < 4.78 is 0. The maximum absolute atomic E-state index is 6.20. The first kappa shape index (κ1) is 11.9. The summed E-state index contributed by atoms with van der Waals surface area (Å²) in [5, 5.41) is 0. The summed E-state index contributed by atoms with van der Waals surface area (Å²) >= 11 is 0. The first-order chi connectivity index (χ1) is 8.16. The molecule has 4 heterocycles. The normalized spacial score (nSPS) is 51.7. The highest BCUT2D eigenvalue weighted by molar-refractivity contribution is 4.97. The molecule has 4 rings (SSSR count). The molecule has 0 spiro atoms. The van der Waals surface area contributed by atoms with E-state index in [0.717, 1.165) is 12.0 Å². The van der Waals surface area contributed by atoms with Crippen molar-refractivity contribution in [1.82, 2.24) is 9.80 Å². The number of nitrogens with zero attached hydrogens (tertiary/aromatic N) is 2. The fourth-order valence-electron chi connectivity index (χ4n) is 4.20. The summed E-state index contributed by atoms with van der Waals surface area (Å²) in [6.07, 6.45) is 4.04. The highest BCUT2D eigenvalue weighted by Gasteiger charge is 2.42. The number of hydrogen-bond donors (Lipinski definition) is 1. The third-order valence-electron chi connectivity index (χ3n) is 5.73. The summed E-state index contributed by atoms with van der Waals surface area (Å²) in [7, 11) is 0. The lowest BCUT2D eigenvalue weighted by atomic mass is 9.79. The minimum atomic E-state index is 0.419. The smallest absolute Gasteiger partial charge is 0.0255 e. The summed E-state index contributed by atoms with van der Waals surface area (Å²) in [4.78, 5) is 5.45. The van der Waals surface area contributed by atoms with Crippen LogP contribution in [-0.4, -0.2) is 54.1 Å². The molecule has 17 heavy (non-hydrogen) atoms.